The number of benzene rings is 1. The third kappa shape index (κ3) is 15.3. The molecule has 0 saturated heterocycles. The van der Waals surface area contributed by atoms with E-state index in [9.17, 15) is 13.9 Å². The van der Waals surface area contributed by atoms with Gasteiger partial charge in [0.2, 0.25) is 0 Å². The van der Waals surface area contributed by atoms with Crippen LogP contribution in [0.15, 0.2) is 12.1 Å². The van der Waals surface area contributed by atoms with Gasteiger partial charge in [0, 0.05) is 12.2 Å². The molecule has 198 valence electrons. The number of unbranched alkanes of at least 4 members (excludes halogenated alkanes) is 15. The number of aliphatic hydroxyl groups excluding tert-OH is 1. The first kappa shape index (κ1) is 31.3. The largest absolute Gasteiger partial charge is 0.394 e. The van der Waals surface area contributed by atoms with Crippen molar-refractivity contribution in [3.63, 3.8) is 0 Å². The van der Waals surface area contributed by atoms with Crippen LogP contribution in [0.4, 0.5) is 8.78 Å². The van der Waals surface area contributed by atoms with Gasteiger partial charge in [-0.2, -0.15) is 0 Å². The van der Waals surface area contributed by atoms with Crippen molar-refractivity contribution in [2.75, 3.05) is 19.8 Å². The van der Waals surface area contributed by atoms with Gasteiger partial charge < -0.3 is 14.6 Å². The van der Waals surface area contributed by atoms with Crippen LogP contribution in [-0.2, 0) is 16.1 Å². The van der Waals surface area contributed by atoms with E-state index in [0.717, 1.165) is 18.9 Å². The van der Waals surface area contributed by atoms with Crippen LogP contribution in [0.5, 0.6) is 0 Å². The van der Waals surface area contributed by atoms with Gasteiger partial charge in [0.25, 0.3) is 0 Å². The third-order valence-electron chi connectivity index (χ3n) is 6.24. The minimum atomic E-state index is -0.826. The topological polar surface area (TPSA) is 38.7 Å². The Morgan fingerprint density at radius 3 is 1.79 bits per heavy atom. The first-order chi connectivity index (χ1) is 16.6. The number of ether oxygens (including phenoxy) is 2. The van der Waals surface area contributed by atoms with Gasteiger partial charge >= 0.3 is 0 Å². The van der Waals surface area contributed by atoms with E-state index in [0.29, 0.717) is 6.61 Å². The van der Waals surface area contributed by atoms with Crippen LogP contribution in [-0.4, -0.2) is 31.0 Å². The fraction of sp³-hybridized carbons (Fsp3) is 0.786. The van der Waals surface area contributed by atoms with E-state index in [1.165, 1.54) is 96.0 Å². The summed E-state index contributed by atoms with van der Waals surface area (Å²) in [6.45, 7) is 2.81. The van der Waals surface area contributed by atoms with Gasteiger partial charge in [0.05, 0.1) is 19.8 Å². The lowest BCUT2D eigenvalue weighted by Gasteiger charge is -2.16. The van der Waals surface area contributed by atoms with Crippen LogP contribution in [0, 0.1) is 11.6 Å². The standard InChI is InChI=1S/C28H47ClF2O3/c1-2-3-4-5-6-7-8-9-10-11-12-13-14-15-16-17-20-33-23-25(21-32)34-22-24-18-19-26(30)27(29)28(24)31/h18-19,25,32H,2-17,20-23H2,1H3/t25-/m0/s1. The smallest absolute Gasteiger partial charge is 0.150 e. The molecule has 0 aliphatic rings. The fourth-order valence-electron chi connectivity index (χ4n) is 4.01. The number of hydrogen-bond acceptors (Lipinski definition) is 3. The zero-order valence-electron chi connectivity index (χ0n) is 21.3. The monoisotopic (exact) mass is 504 g/mol. The van der Waals surface area contributed by atoms with Crippen molar-refractivity contribution < 1.29 is 23.4 Å². The average molecular weight is 505 g/mol. The Morgan fingerprint density at radius 2 is 1.29 bits per heavy atom. The molecule has 0 spiro atoms. The number of aliphatic hydroxyl groups is 1. The van der Waals surface area contributed by atoms with Crippen LogP contribution in [0.2, 0.25) is 5.02 Å². The highest BCUT2D eigenvalue weighted by Gasteiger charge is 2.14. The van der Waals surface area contributed by atoms with Crippen molar-refractivity contribution >= 4 is 11.6 Å². The first-order valence-electron chi connectivity index (χ1n) is 13.5. The van der Waals surface area contributed by atoms with Crippen LogP contribution >= 0.6 is 11.6 Å². The molecule has 0 unspecified atom stereocenters. The van der Waals surface area contributed by atoms with Gasteiger partial charge in [0.15, 0.2) is 0 Å². The average Bonchev–Trinajstić information content (AvgIpc) is 2.84. The van der Waals surface area contributed by atoms with E-state index >= 15 is 0 Å². The molecule has 0 radical (unpaired) electrons. The number of halogens is 3. The normalized spacial score (nSPS) is 12.4. The lowest BCUT2D eigenvalue weighted by molar-refractivity contribution is -0.0509. The molecule has 0 aliphatic heterocycles. The van der Waals surface area contributed by atoms with Gasteiger partial charge in [-0.25, -0.2) is 8.78 Å². The van der Waals surface area contributed by atoms with Crippen molar-refractivity contribution in [3.8, 4) is 0 Å². The molecule has 1 N–H and O–H groups in total. The number of rotatable bonds is 23. The lowest BCUT2D eigenvalue weighted by atomic mass is 10.0. The van der Waals surface area contributed by atoms with E-state index in [2.05, 4.69) is 6.92 Å². The van der Waals surface area contributed by atoms with Crippen LogP contribution in [0.3, 0.4) is 0 Å². The Labute approximate surface area is 211 Å². The van der Waals surface area contributed by atoms with E-state index in [1.54, 1.807) is 0 Å². The van der Waals surface area contributed by atoms with Crippen molar-refractivity contribution in [3.05, 3.63) is 34.4 Å². The molecule has 0 saturated carbocycles. The Balaban J connectivity index is 1.89. The highest BCUT2D eigenvalue weighted by atomic mass is 35.5. The summed E-state index contributed by atoms with van der Waals surface area (Å²) in [5.41, 5.74) is 0.155. The van der Waals surface area contributed by atoms with E-state index in [1.807, 2.05) is 0 Å². The second-order valence-corrected chi connectivity index (χ2v) is 9.71. The summed E-state index contributed by atoms with van der Waals surface area (Å²) < 4.78 is 38.2. The van der Waals surface area contributed by atoms with Gasteiger partial charge in [-0.3, -0.25) is 0 Å². The molecule has 0 bridgehead atoms. The maximum absolute atomic E-state index is 13.9. The predicted molar refractivity (Wildman–Crippen MR) is 137 cm³/mol. The maximum atomic E-state index is 13.9. The summed E-state index contributed by atoms with van der Waals surface area (Å²) in [6.07, 6.45) is 20.7. The second kappa shape index (κ2) is 21.5. The summed E-state index contributed by atoms with van der Waals surface area (Å²) in [5, 5.41) is 8.89. The van der Waals surface area contributed by atoms with Crippen molar-refractivity contribution in [1.29, 1.82) is 0 Å². The molecule has 0 amide bonds. The van der Waals surface area contributed by atoms with Crippen LogP contribution in [0.25, 0.3) is 0 Å². The molecule has 34 heavy (non-hydrogen) atoms. The molecular weight excluding hydrogens is 458 g/mol. The van der Waals surface area contributed by atoms with E-state index in [-0.39, 0.29) is 25.4 Å². The van der Waals surface area contributed by atoms with Gasteiger partial charge in [-0.05, 0) is 12.5 Å². The lowest BCUT2D eigenvalue weighted by Crippen LogP contribution is -2.24. The van der Waals surface area contributed by atoms with Crippen LogP contribution < -0.4 is 0 Å². The first-order valence-corrected chi connectivity index (χ1v) is 13.9. The molecule has 1 aromatic carbocycles. The minimum absolute atomic E-state index is 0.0978. The summed E-state index contributed by atoms with van der Waals surface area (Å²) in [5.74, 6) is -1.63. The predicted octanol–water partition coefficient (Wildman–Crippen LogP) is 8.77. The number of hydrogen-bond donors (Lipinski definition) is 1. The van der Waals surface area contributed by atoms with Crippen molar-refractivity contribution in [2.45, 2.75) is 122 Å². The molecule has 0 aromatic heterocycles. The Kier molecular flexibility index (Phi) is 19.8. The summed E-state index contributed by atoms with van der Waals surface area (Å²) in [6, 6.07) is 2.40. The highest BCUT2D eigenvalue weighted by Crippen LogP contribution is 2.22. The van der Waals surface area contributed by atoms with Crippen molar-refractivity contribution in [2.24, 2.45) is 0 Å². The van der Waals surface area contributed by atoms with Gasteiger partial charge in [-0.15, -0.1) is 0 Å². The molecule has 1 atom stereocenters. The second-order valence-electron chi connectivity index (χ2n) is 9.33. The van der Waals surface area contributed by atoms with Crippen LogP contribution in [0.1, 0.15) is 115 Å². The summed E-state index contributed by atoms with van der Waals surface area (Å²) in [4.78, 5) is 0. The minimum Gasteiger partial charge on any atom is -0.394 e. The zero-order valence-corrected chi connectivity index (χ0v) is 22.0. The SMILES string of the molecule is CCCCCCCCCCCCCCCCCCOC[C@H](CO)OCc1ccc(F)c(Cl)c1F. The molecule has 0 heterocycles. The van der Waals surface area contributed by atoms with E-state index < -0.39 is 22.8 Å². The molecule has 0 fully saturated rings. The maximum Gasteiger partial charge on any atom is 0.150 e. The molecule has 3 nitrogen and oxygen atoms in total. The fourth-order valence-corrected chi connectivity index (χ4v) is 4.19. The third-order valence-corrected chi connectivity index (χ3v) is 6.59. The van der Waals surface area contributed by atoms with Gasteiger partial charge in [-0.1, -0.05) is 121 Å². The van der Waals surface area contributed by atoms with Gasteiger partial charge in [0.1, 0.15) is 22.8 Å². The molecular formula is C28H47ClF2O3. The zero-order chi connectivity index (χ0) is 24.9. The van der Waals surface area contributed by atoms with Crippen molar-refractivity contribution in [1.82, 2.24) is 0 Å². The summed E-state index contributed by atoms with van der Waals surface area (Å²) >= 11 is 5.57. The quantitative estimate of drug-likeness (QED) is 0.119. The Morgan fingerprint density at radius 1 is 0.794 bits per heavy atom. The highest BCUT2D eigenvalue weighted by molar-refractivity contribution is 6.30. The molecule has 6 heteroatoms. The van der Waals surface area contributed by atoms with E-state index in [4.69, 9.17) is 21.1 Å². The Hall–Kier alpha value is -0.750. The molecule has 1 aromatic rings. The molecule has 0 aliphatic carbocycles. The molecule has 1 rings (SSSR count). The Bertz CT molecular complexity index is 616. The summed E-state index contributed by atoms with van der Waals surface area (Å²) in [7, 11) is 0.